The maximum atomic E-state index is 12.8. The molecule has 31 heavy (non-hydrogen) atoms. The Bertz CT molecular complexity index is 1230. The monoisotopic (exact) mass is 537 g/mol. The van der Waals surface area contributed by atoms with Crippen molar-refractivity contribution in [3.63, 3.8) is 0 Å². The summed E-state index contributed by atoms with van der Waals surface area (Å²) in [5.74, 6) is -1.000. The molecule has 0 saturated carbocycles. The molecule has 3 aromatic carbocycles. The lowest BCUT2D eigenvalue weighted by atomic mass is 9.99. The van der Waals surface area contributed by atoms with E-state index in [0.29, 0.717) is 17.7 Å². The first-order valence-corrected chi connectivity index (χ1v) is 11.4. The molecule has 7 heteroatoms. The van der Waals surface area contributed by atoms with Crippen LogP contribution < -0.4 is 4.90 Å². The minimum atomic E-state index is -0.522. The van der Waals surface area contributed by atoms with E-state index in [4.69, 9.17) is 5.10 Å². The molecule has 1 atom stereocenters. The highest BCUT2D eigenvalue weighted by atomic mass is 79.9. The Labute approximate surface area is 196 Å². The van der Waals surface area contributed by atoms with Crippen molar-refractivity contribution < 1.29 is 9.59 Å². The van der Waals surface area contributed by atoms with Gasteiger partial charge in [-0.3, -0.25) is 19.5 Å². The van der Waals surface area contributed by atoms with Crippen LogP contribution in [0.25, 0.3) is 0 Å². The summed E-state index contributed by atoms with van der Waals surface area (Å²) < 4.78 is 1.81. The van der Waals surface area contributed by atoms with Gasteiger partial charge >= 0.3 is 5.91 Å². The number of fused-ring (bicyclic) bond motifs is 1. The van der Waals surface area contributed by atoms with Gasteiger partial charge in [-0.2, -0.15) is 5.10 Å². The zero-order valence-corrected chi connectivity index (χ0v) is 19.5. The van der Waals surface area contributed by atoms with Crippen LogP contribution in [0.15, 0.2) is 86.8 Å². The Kier molecular flexibility index (Phi) is 5.24. The average molecular weight is 539 g/mol. The van der Waals surface area contributed by atoms with Crippen LogP contribution in [0.2, 0.25) is 0 Å². The number of ketones is 1. The summed E-state index contributed by atoms with van der Waals surface area (Å²) in [6.07, 6.45) is 0.710. The maximum Gasteiger partial charge on any atom is 0.301 e. The quantitative estimate of drug-likeness (QED) is 0.409. The van der Waals surface area contributed by atoms with Gasteiger partial charge in [0, 0.05) is 15.4 Å². The topological polar surface area (TPSA) is 53.0 Å². The lowest BCUT2D eigenvalue weighted by Gasteiger charge is -2.28. The van der Waals surface area contributed by atoms with Crippen molar-refractivity contribution in [2.24, 2.45) is 5.10 Å². The number of halogens is 2. The number of hydrazone groups is 1. The molecule has 0 fully saturated rings. The molecule has 0 aromatic heterocycles. The van der Waals surface area contributed by atoms with Crippen LogP contribution in [-0.2, 0) is 4.79 Å². The van der Waals surface area contributed by atoms with Crippen molar-refractivity contribution in [3.8, 4) is 0 Å². The number of rotatable bonds is 4. The summed E-state index contributed by atoms with van der Waals surface area (Å²) in [5.41, 5.74) is 4.14. The molecule has 0 radical (unpaired) electrons. The van der Waals surface area contributed by atoms with E-state index in [2.05, 4.69) is 44.0 Å². The summed E-state index contributed by atoms with van der Waals surface area (Å²) in [4.78, 5) is 26.8. The van der Waals surface area contributed by atoms with E-state index in [9.17, 15) is 9.59 Å². The van der Waals surface area contributed by atoms with E-state index in [-0.39, 0.29) is 12.7 Å². The minimum absolute atomic E-state index is 0.0331. The third-order valence-corrected chi connectivity index (χ3v) is 6.55. The van der Waals surface area contributed by atoms with Crippen molar-refractivity contribution in [1.82, 2.24) is 5.01 Å². The Hall–Kier alpha value is -2.77. The number of Topliss-reactive ketones (excluding diaryl/α,β-unsaturated/α-hetero) is 1. The molecule has 5 rings (SSSR count). The fraction of sp³-hybridized carbons (Fsp3) is 0.125. The molecule has 154 valence electrons. The largest absolute Gasteiger partial charge is 0.301 e. The zero-order chi connectivity index (χ0) is 21.5. The van der Waals surface area contributed by atoms with Gasteiger partial charge in [0.25, 0.3) is 5.78 Å². The maximum absolute atomic E-state index is 12.8. The lowest BCUT2D eigenvalue weighted by Crippen LogP contribution is -2.39. The van der Waals surface area contributed by atoms with Crippen LogP contribution in [0.4, 0.5) is 5.69 Å². The molecule has 0 saturated heterocycles. The van der Waals surface area contributed by atoms with Gasteiger partial charge < -0.3 is 0 Å². The van der Waals surface area contributed by atoms with E-state index in [1.807, 2.05) is 53.5 Å². The SMILES string of the molecule is O=C1C(=O)N(CN2N=C(c3cccc(Br)c3)C[C@@H]2c2ccccc2)c2cc(Br)ccc21. The molecule has 2 heterocycles. The number of hydrogen-bond donors (Lipinski definition) is 0. The molecule has 0 unspecified atom stereocenters. The van der Waals surface area contributed by atoms with Crippen LogP contribution >= 0.6 is 31.9 Å². The second-order valence-corrected chi connectivity index (χ2v) is 9.32. The Morgan fingerprint density at radius 2 is 1.68 bits per heavy atom. The summed E-state index contributed by atoms with van der Waals surface area (Å²) >= 11 is 6.98. The van der Waals surface area contributed by atoms with Crippen LogP contribution in [-0.4, -0.2) is 29.1 Å². The van der Waals surface area contributed by atoms with Crippen molar-refractivity contribution in [2.45, 2.75) is 12.5 Å². The highest BCUT2D eigenvalue weighted by molar-refractivity contribution is 9.10. The number of carbonyl (C=O) groups excluding carboxylic acids is 2. The molecule has 5 nitrogen and oxygen atoms in total. The van der Waals surface area contributed by atoms with E-state index in [0.717, 1.165) is 25.8 Å². The van der Waals surface area contributed by atoms with E-state index in [1.165, 1.54) is 4.90 Å². The molecule has 2 aliphatic rings. The molecule has 0 aliphatic carbocycles. The third-order valence-electron chi connectivity index (χ3n) is 5.56. The Morgan fingerprint density at radius 3 is 2.45 bits per heavy atom. The highest BCUT2D eigenvalue weighted by Gasteiger charge is 2.39. The first kappa shape index (κ1) is 20.2. The summed E-state index contributed by atoms with van der Waals surface area (Å²) in [6, 6.07) is 23.4. The van der Waals surface area contributed by atoms with Crippen molar-refractivity contribution in [2.75, 3.05) is 11.6 Å². The van der Waals surface area contributed by atoms with Crippen LogP contribution in [0.1, 0.15) is 33.9 Å². The number of anilines is 1. The van der Waals surface area contributed by atoms with Gasteiger partial charge in [0.2, 0.25) is 0 Å². The van der Waals surface area contributed by atoms with Crippen LogP contribution in [0.3, 0.4) is 0 Å². The number of carbonyl (C=O) groups is 2. The first-order chi connectivity index (χ1) is 15.0. The molecule has 0 bridgehead atoms. The van der Waals surface area contributed by atoms with Gasteiger partial charge in [0.05, 0.1) is 23.0 Å². The smallest absolute Gasteiger partial charge is 0.285 e. The minimum Gasteiger partial charge on any atom is -0.285 e. The van der Waals surface area contributed by atoms with Crippen molar-refractivity contribution in [3.05, 3.63) is 98.4 Å². The van der Waals surface area contributed by atoms with Gasteiger partial charge in [-0.15, -0.1) is 0 Å². The van der Waals surface area contributed by atoms with Crippen LogP contribution in [0.5, 0.6) is 0 Å². The number of amides is 1. The summed E-state index contributed by atoms with van der Waals surface area (Å²) in [5, 5.41) is 6.80. The number of benzene rings is 3. The standard InChI is InChI=1S/C24H17Br2N3O2/c25-17-8-4-7-16(11-17)20-13-21(15-5-2-1-3-6-15)29(27-20)14-28-22-12-18(26)9-10-19(22)23(30)24(28)31/h1-12,21H,13-14H2/t21-/m1/s1. The first-order valence-electron chi connectivity index (χ1n) is 9.82. The van der Waals surface area contributed by atoms with Gasteiger partial charge in [-0.05, 0) is 41.5 Å². The molecule has 3 aromatic rings. The molecule has 0 N–H and O–H groups in total. The molecular weight excluding hydrogens is 522 g/mol. The summed E-state index contributed by atoms with van der Waals surface area (Å²) in [6.45, 7) is 0.199. The molecular formula is C24H17Br2N3O2. The second-order valence-electron chi connectivity index (χ2n) is 7.49. The van der Waals surface area contributed by atoms with Gasteiger partial charge in [-0.1, -0.05) is 74.3 Å². The fourth-order valence-corrected chi connectivity index (χ4v) is 4.79. The zero-order valence-electron chi connectivity index (χ0n) is 16.3. The predicted octanol–water partition coefficient (Wildman–Crippen LogP) is 5.55. The van der Waals surface area contributed by atoms with E-state index >= 15 is 0 Å². The van der Waals surface area contributed by atoms with E-state index < -0.39 is 11.7 Å². The third kappa shape index (κ3) is 3.72. The lowest BCUT2D eigenvalue weighted by molar-refractivity contribution is -0.114. The average Bonchev–Trinajstić information content (AvgIpc) is 3.30. The normalized spacial score (nSPS) is 17.9. The van der Waals surface area contributed by atoms with Gasteiger partial charge in [0.1, 0.15) is 6.67 Å². The van der Waals surface area contributed by atoms with Crippen molar-refractivity contribution in [1.29, 1.82) is 0 Å². The van der Waals surface area contributed by atoms with Gasteiger partial charge in [-0.25, -0.2) is 0 Å². The van der Waals surface area contributed by atoms with Crippen molar-refractivity contribution >= 4 is 54.9 Å². The molecule has 0 spiro atoms. The second kappa shape index (κ2) is 8.05. The van der Waals surface area contributed by atoms with Gasteiger partial charge in [0.15, 0.2) is 0 Å². The fourth-order valence-electron chi connectivity index (χ4n) is 4.05. The number of hydrogen-bond acceptors (Lipinski definition) is 4. The summed E-state index contributed by atoms with van der Waals surface area (Å²) in [7, 11) is 0. The number of nitrogens with zero attached hydrogens (tertiary/aromatic N) is 3. The van der Waals surface area contributed by atoms with E-state index in [1.54, 1.807) is 12.1 Å². The molecule has 1 amide bonds. The molecule has 2 aliphatic heterocycles. The Balaban J connectivity index is 1.53. The Morgan fingerprint density at radius 1 is 0.903 bits per heavy atom. The predicted molar refractivity (Wildman–Crippen MR) is 127 cm³/mol. The van der Waals surface area contributed by atoms with Crippen LogP contribution in [0, 0.1) is 0 Å². The highest BCUT2D eigenvalue weighted by Crippen LogP contribution is 2.37.